The van der Waals surface area contributed by atoms with Crippen molar-refractivity contribution in [2.45, 2.75) is 50.5 Å². The molecule has 0 radical (unpaired) electrons. The molecule has 5 heteroatoms. The maximum Gasteiger partial charge on any atom is 0.157 e. The lowest BCUT2D eigenvalue weighted by Gasteiger charge is -2.30. The third-order valence-electron chi connectivity index (χ3n) is 5.75. The highest BCUT2D eigenvalue weighted by Crippen LogP contribution is 2.57. The highest BCUT2D eigenvalue weighted by Gasteiger charge is 2.51. The van der Waals surface area contributed by atoms with E-state index < -0.39 is 0 Å². The first-order valence-corrected chi connectivity index (χ1v) is 8.59. The Morgan fingerprint density at radius 3 is 3.05 bits per heavy atom. The summed E-state index contributed by atoms with van der Waals surface area (Å²) >= 11 is 0. The van der Waals surface area contributed by atoms with Crippen molar-refractivity contribution in [3.05, 3.63) is 23.5 Å². The molecular formula is C17H23N5. The van der Waals surface area contributed by atoms with Crippen LogP contribution in [0.15, 0.2) is 12.3 Å². The third-order valence-corrected chi connectivity index (χ3v) is 5.75. The summed E-state index contributed by atoms with van der Waals surface area (Å²) < 4.78 is 2.01. The third kappa shape index (κ3) is 1.81. The predicted molar refractivity (Wildman–Crippen MR) is 86.3 cm³/mol. The molecule has 1 spiro atoms. The SMILES string of the molecule is C[C@@H]1CNC[C@@H](Nc2c3c(nc4ccnn24)C2(CC3)CC2)C1. The Labute approximate surface area is 130 Å². The first-order chi connectivity index (χ1) is 10.8. The molecule has 2 aromatic heterocycles. The zero-order chi connectivity index (χ0) is 14.7. The Bertz CT molecular complexity index is 730. The topological polar surface area (TPSA) is 54.2 Å². The van der Waals surface area contributed by atoms with E-state index >= 15 is 0 Å². The van der Waals surface area contributed by atoms with Gasteiger partial charge < -0.3 is 10.6 Å². The maximum atomic E-state index is 4.94. The molecule has 1 aliphatic heterocycles. The maximum absolute atomic E-state index is 4.94. The molecule has 3 heterocycles. The van der Waals surface area contributed by atoms with Crippen LogP contribution in [0.5, 0.6) is 0 Å². The van der Waals surface area contributed by atoms with Crippen LogP contribution >= 0.6 is 0 Å². The number of nitrogens with one attached hydrogen (secondary N) is 2. The van der Waals surface area contributed by atoms with E-state index in [1.807, 2.05) is 16.8 Å². The number of fused-ring (bicyclic) bond motifs is 3. The number of rotatable bonds is 2. The number of hydrogen-bond donors (Lipinski definition) is 2. The van der Waals surface area contributed by atoms with Gasteiger partial charge in [0.1, 0.15) is 5.82 Å². The van der Waals surface area contributed by atoms with Gasteiger partial charge in [0, 0.05) is 29.6 Å². The fraction of sp³-hybridized carbons (Fsp3) is 0.647. The minimum Gasteiger partial charge on any atom is -0.366 e. The summed E-state index contributed by atoms with van der Waals surface area (Å²) in [5.74, 6) is 1.93. The average molecular weight is 297 g/mol. The molecule has 0 aromatic carbocycles. The van der Waals surface area contributed by atoms with Crippen LogP contribution in [-0.2, 0) is 11.8 Å². The van der Waals surface area contributed by atoms with Gasteiger partial charge in [-0.3, -0.25) is 0 Å². The molecule has 2 aliphatic carbocycles. The molecule has 2 N–H and O–H groups in total. The van der Waals surface area contributed by atoms with E-state index in [0.29, 0.717) is 11.5 Å². The first kappa shape index (κ1) is 12.9. The van der Waals surface area contributed by atoms with Crippen molar-refractivity contribution in [3.63, 3.8) is 0 Å². The summed E-state index contributed by atoms with van der Waals surface area (Å²) in [4.78, 5) is 4.94. The van der Waals surface area contributed by atoms with Gasteiger partial charge in [0.2, 0.25) is 0 Å². The molecular weight excluding hydrogens is 274 g/mol. The molecule has 0 bridgehead atoms. The molecule has 1 saturated carbocycles. The van der Waals surface area contributed by atoms with Gasteiger partial charge in [0.05, 0.1) is 11.9 Å². The molecule has 3 aliphatic rings. The molecule has 5 rings (SSSR count). The van der Waals surface area contributed by atoms with Crippen LogP contribution < -0.4 is 10.6 Å². The average Bonchev–Trinajstić information content (AvgIpc) is 2.99. The highest BCUT2D eigenvalue weighted by molar-refractivity contribution is 5.60. The Balaban J connectivity index is 1.59. The molecule has 5 nitrogen and oxygen atoms in total. The van der Waals surface area contributed by atoms with Crippen LogP contribution in [-0.4, -0.2) is 33.7 Å². The molecule has 2 fully saturated rings. The Hall–Kier alpha value is -1.62. The standard InChI is InChI=1S/C17H23N5/c1-11-8-12(10-18-9-11)20-16-13-2-4-17(5-6-17)15(13)21-14-3-7-19-22(14)16/h3,7,11-12,18,20H,2,4-6,8-10H2,1H3/t11-,12-/m0/s1. The lowest BCUT2D eigenvalue weighted by atomic mass is 9.97. The smallest absolute Gasteiger partial charge is 0.157 e. The molecule has 2 aromatic rings. The van der Waals surface area contributed by atoms with E-state index in [-0.39, 0.29) is 0 Å². The summed E-state index contributed by atoms with van der Waals surface area (Å²) in [6.45, 7) is 4.49. The van der Waals surface area contributed by atoms with Gasteiger partial charge in [-0.15, -0.1) is 0 Å². The highest BCUT2D eigenvalue weighted by atomic mass is 15.3. The van der Waals surface area contributed by atoms with E-state index in [1.165, 1.54) is 42.8 Å². The lowest BCUT2D eigenvalue weighted by Crippen LogP contribution is -2.43. The molecule has 116 valence electrons. The van der Waals surface area contributed by atoms with E-state index in [1.54, 1.807) is 0 Å². The molecule has 0 unspecified atom stereocenters. The zero-order valence-corrected chi connectivity index (χ0v) is 13.1. The molecule has 22 heavy (non-hydrogen) atoms. The Morgan fingerprint density at radius 2 is 2.23 bits per heavy atom. The lowest BCUT2D eigenvalue weighted by molar-refractivity contribution is 0.377. The number of aromatic nitrogens is 3. The summed E-state index contributed by atoms with van der Waals surface area (Å²) in [7, 11) is 0. The largest absolute Gasteiger partial charge is 0.366 e. The Morgan fingerprint density at radius 1 is 1.32 bits per heavy atom. The number of anilines is 1. The number of nitrogens with zero attached hydrogens (tertiary/aromatic N) is 3. The van der Waals surface area contributed by atoms with E-state index in [9.17, 15) is 0 Å². The van der Waals surface area contributed by atoms with Crippen LogP contribution in [0.2, 0.25) is 0 Å². The van der Waals surface area contributed by atoms with Crippen molar-refractivity contribution in [2.24, 2.45) is 5.92 Å². The minimum atomic E-state index is 0.413. The van der Waals surface area contributed by atoms with Gasteiger partial charge >= 0.3 is 0 Å². The van der Waals surface area contributed by atoms with E-state index in [4.69, 9.17) is 4.98 Å². The monoisotopic (exact) mass is 297 g/mol. The van der Waals surface area contributed by atoms with Crippen molar-refractivity contribution in [3.8, 4) is 0 Å². The summed E-state index contributed by atoms with van der Waals surface area (Å²) in [6, 6.07) is 2.51. The van der Waals surface area contributed by atoms with Crippen molar-refractivity contribution < 1.29 is 0 Å². The minimum absolute atomic E-state index is 0.413. The number of hydrogen-bond acceptors (Lipinski definition) is 4. The second-order valence-electron chi connectivity index (χ2n) is 7.51. The van der Waals surface area contributed by atoms with Crippen molar-refractivity contribution in [1.82, 2.24) is 19.9 Å². The zero-order valence-electron chi connectivity index (χ0n) is 13.1. The molecule has 0 amide bonds. The molecule has 1 saturated heterocycles. The fourth-order valence-electron chi connectivity index (χ4n) is 4.38. The second-order valence-corrected chi connectivity index (χ2v) is 7.51. The van der Waals surface area contributed by atoms with Crippen LogP contribution in [0.3, 0.4) is 0 Å². The fourth-order valence-corrected chi connectivity index (χ4v) is 4.38. The van der Waals surface area contributed by atoms with Gasteiger partial charge in [-0.2, -0.15) is 9.61 Å². The van der Waals surface area contributed by atoms with Gasteiger partial charge in [0.15, 0.2) is 5.65 Å². The van der Waals surface area contributed by atoms with Gasteiger partial charge in [-0.25, -0.2) is 4.98 Å². The van der Waals surface area contributed by atoms with Crippen molar-refractivity contribution in [2.75, 3.05) is 18.4 Å². The normalized spacial score (nSPS) is 29.0. The van der Waals surface area contributed by atoms with Crippen LogP contribution in [0.25, 0.3) is 5.65 Å². The van der Waals surface area contributed by atoms with Gasteiger partial charge in [0.25, 0.3) is 0 Å². The van der Waals surface area contributed by atoms with E-state index in [0.717, 1.165) is 31.1 Å². The first-order valence-electron chi connectivity index (χ1n) is 8.59. The van der Waals surface area contributed by atoms with Gasteiger partial charge in [-0.05, 0) is 44.6 Å². The van der Waals surface area contributed by atoms with Crippen LogP contribution in [0, 0.1) is 5.92 Å². The summed E-state index contributed by atoms with van der Waals surface area (Å²) in [6.07, 6.45) is 8.15. The van der Waals surface area contributed by atoms with Crippen molar-refractivity contribution >= 4 is 11.5 Å². The Kier molecular flexibility index (Phi) is 2.60. The quantitative estimate of drug-likeness (QED) is 0.891. The summed E-state index contributed by atoms with van der Waals surface area (Å²) in [5, 5.41) is 11.9. The van der Waals surface area contributed by atoms with Crippen LogP contribution in [0.4, 0.5) is 5.82 Å². The molecule has 2 atom stereocenters. The van der Waals surface area contributed by atoms with Crippen LogP contribution in [0.1, 0.15) is 43.9 Å². The predicted octanol–water partition coefficient (Wildman–Crippen LogP) is 2.12. The van der Waals surface area contributed by atoms with Crippen molar-refractivity contribution in [1.29, 1.82) is 0 Å². The second kappa shape index (κ2) is 4.44. The van der Waals surface area contributed by atoms with E-state index in [2.05, 4.69) is 22.7 Å². The van der Waals surface area contributed by atoms with Gasteiger partial charge in [-0.1, -0.05) is 6.92 Å². The summed E-state index contributed by atoms with van der Waals surface area (Å²) in [5.41, 5.74) is 4.19. The number of piperidine rings is 1.